The van der Waals surface area contributed by atoms with Crippen LogP contribution in [0.5, 0.6) is 0 Å². The van der Waals surface area contributed by atoms with Crippen LogP contribution in [0.4, 0.5) is 5.69 Å². The Labute approximate surface area is 135 Å². The van der Waals surface area contributed by atoms with Gasteiger partial charge in [-0.15, -0.1) is 0 Å². The van der Waals surface area contributed by atoms with Gasteiger partial charge in [-0.3, -0.25) is 4.99 Å². The Morgan fingerprint density at radius 3 is 2.45 bits per heavy atom. The third-order valence-electron chi connectivity index (χ3n) is 3.94. The van der Waals surface area contributed by atoms with Crippen LogP contribution in [0, 0.1) is 19.8 Å². The minimum absolute atomic E-state index is 0.644. The lowest BCUT2D eigenvalue weighted by Crippen LogP contribution is -2.17. The van der Waals surface area contributed by atoms with Crippen LogP contribution < -0.4 is 5.32 Å². The predicted octanol–water partition coefficient (Wildman–Crippen LogP) is 5.39. The van der Waals surface area contributed by atoms with E-state index in [2.05, 4.69) is 66.1 Å². The number of rotatable bonds is 4. The number of nitrogens with one attached hydrogen (secondary N) is 1. The van der Waals surface area contributed by atoms with E-state index >= 15 is 0 Å². The van der Waals surface area contributed by atoms with Crippen LogP contribution in [0.25, 0.3) is 0 Å². The van der Waals surface area contributed by atoms with Crippen molar-refractivity contribution in [3.05, 3.63) is 27.7 Å². The molecule has 1 unspecified atom stereocenters. The molecule has 1 aromatic rings. The van der Waals surface area contributed by atoms with Gasteiger partial charge in [-0.05, 0) is 43.0 Å². The molecule has 20 heavy (non-hydrogen) atoms. The van der Waals surface area contributed by atoms with E-state index < -0.39 is 0 Å². The summed E-state index contributed by atoms with van der Waals surface area (Å²) in [6, 6.07) is 4.34. The summed E-state index contributed by atoms with van der Waals surface area (Å²) in [6.45, 7) is 9.76. The summed E-state index contributed by atoms with van der Waals surface area (Å²) in [4.78, 5) is 4.67. The number of aryl methyl sites for hydroxylation is 2. The van der Waals surface area contributed by atoms with Gasteiger partial charge in [0, 0.05) is 15.4 Å². The van der Waals surface area contributed by atoms with E-state index in [-0.39, 0.29) is 0 Å². The van der Waals surface area contributed by atoms with Crippen molar-refractivity contribution in [2.24, 2.45) is 10.9 Å². The van der Waals surface area contributed by atoms with Crippen LogP contribution in [0.15, 0.2) is 21.6 Å². The van der Waals surface area contributed by atoms with Crippen LogP contribution in [-0.2, 0) is 0 Å². The summed E-state index contributed by atoms with van der Waals surface area (Å²) < 4.78 is 1.19. The molecule has 1 aliphatic rings. The lowest BCUT2D eigenvalue weighted by atomic mass is 9.99. The van der Waals surface area contributed by atoms with Crippen LogP contribution in [0.2, 0.25) is 0 Å². The lowest BCUT2D eigenvalue weighted by Gasteiger charge is -2.18. The molecule has 0 bridgehead atoms. The minimum atomic E-state index is 0.644. The summed E-state index contributed by atoms with van der Waals surface area (Å²) >= 11 is 5.52. The molecule has 1 aliphatic heterocycles. The summed E-state index contributed by atoms with van der Waals surface area (Å²) in [6.07, 6.45) is 2.49. The van der Waals surface area contributed by atoms with E-state index in [9.17, 15) is 0 Å². The zero-order chi connectivity index (χ0) is 14.7. The van der Waals surface area contributed by atoms with E-state index in [0.717, 1.165) is 23.3 Å². The maximum Gasteiger partial charge on any atom is 0.161 e. The van der Waals surface area contributed by atoms with Crippen LogP contribution in [0.3, 0.4) is 0 Å². The quantitative estimate of drug-likeness (QED) is 0.784. The number of amidine groups is 1. The fraction of sp³-hybridized carbons (Fsp3) is 0.562. The maximum atomic E-state index is 4.67. The van der Waals surface area contributed by atoms with E-state index in [4.69, 9.17) is 0 Å². The van der Waals surface area contributed by atoms with Gasteiger partial charge in [0.15, 0.2) is 5.17 Å². The number of halogens is 1. The zero-order valence-corrected chi connectivity index (χ0v) is 15.1. The highest BCUT2D eigenvalue weighted by Gasteiger charge is 2.25. The Kier molecular flexibility index (Phi) is 5.56. The van der Waals surface area contributed by atoms with E-state index in [1.54, 1.807) is 0 Å². The first-order chi connectivity index (χ1) is 9.55. The molecule has 0 saturated heterocycles. The van der Waals surface area contributed by atoms with Crippen molar-refractivity contribution < 1.29 is 0 Å². The van der Waals surface area contributed by atoms with Gasteiger partial charge in [0.2, 0.25) is 0 Å². The Bertz CT molecular complexity index is 486. The number of aliphatic imine (C=N–C) groups is 1. The average Bonchev–Trinajstić information content (AvgIpc) is 2.86. The number of nitrogens with zero attached hydrogens (tertiary/aromatic N) is 1. The normalized spacial score (nSPS) is 18.5. The molecule has 0 saturated carbocycles. The highest BCUT2D eigenvalue weighted by molar-refractivity contribution is 9.10. The summed E-state index contributed by atoms with van der Waals surface area (Å²) in [5.74, 6) is 0.774. The van der Waals surface area contributed by atoms with Gasteiger partial charge in [-0.25, -0.2) is 0 Å². The second-order valence-corrected chi connectivity index (χ2v) is 7.45. The number of hydrogen-bond donors (Lipinski definition) is 1. The molecular formula is C16H23BrN2S. The van der Waals surface area contributed by atoms with Crippen molar-refractivity contribution >= 4 is 38.5 Å². The number of benzene rings is 1. The molecule has 4 heteroatoms. The average molecular weight is 355 g/mol. The second kappa shape index (κ2) is 6.99. The molecule has 1 aromatic carbocycles. The maximum absolute atomic E-state index is 4.67. The molecule has 2 rings (SSSR count). The third-order valence-corrected chi connectivity index (χ3v) is 6.48. The molecule has 0 radical (unpaired) electrons. The molecule has 0 aliphatic carbocycles. The molecule has 0 fully saturated rings. The molecule has 2 nitrogen and oxygen atoms in total. The summed E-state index contributed by atoms with van der Waals surface area (Å²) in [5, 5.41) is 5.19. The number of anilines is 1. The topological polar surface area (TPSA) is 24.4 Å². The third kappa shape index (κ3) is 3.59. The minimum Gasteiger partial charge on any atom is -0.335 e. The first-order valence-electron chi connectivity index (χ1n) is 7.30. The van der Waals surface area contributed by atoms with E-state index in [1.807, 2.05) is 11.8 Å². The molecule has 0 spiro atoms. The smallest absolute Gasteiger partial charge is 0.161 e. The van der Waals surface area contributed by atoms with Crippen molar-refractivity contribution in [3.8, 4) is 0 Å². The van der Waals surface area contributed by atoms with E-state index in [1.165, 1.54) is 28.4 Å². The van der Waals surface area contributed by atoms with Gasteiger partial charge in [-0.1, -0.05) is 54.4 Å². The van der Waals surface area contributed by atoms with Crippen LogP contribution >= 0.6 is 27.7 Å². The molecule has 1 N–H and O–H groups in total. The monoisotopic (exact) mass is 354 g/mol. The lowest BCUT2D eigenvalue weighted by molar-refractivity contribution is 0.479. The number of hydrogen-bond acceptors (Lipinski definition) is 3. The zero-order valence-electron chi connectivity index (χ0n) is 12.7. The van der Waals surface area contributed by atoms with Gasteiger partial charge in [0.1, 0.15) is 0 Å². The first kappa shape index (κ1) is 15.9. The van der Waals surface area contributed by atoms with Gasteiger partial charge in [-0.2, -0.15) is 0 Å². The Morgan fingerprint density at radius 2 is 1.90 bits per heavy atom. The van der Waals surface area contributed by atoms with Gasteiger partial charge < -0.3 is 5.32 Å². The van der Waals surface area contributed by atoms with Crippen molar-refractivity contribution in [1.29, 1.82) is 0 Å². The highest BCUT2D eigenvalue weighted by Crippen LogP contribution is 2.32. The van der Waals surface area contributed by atoms with Gasteiger partial charge in [0.25, 0.3) is 0 Å². The first-order valence-corrected chi connectivity index (χ1v) is 8.97. The van der Waals surface area contributed by atoms with Crippen molar-refractivity contribution in [2.45, 2.75) is 45.8 Å². The van der Waals surface area contributed by atoms with Gasteiger partial charge >= 0.3 is 0 Å². The standard InChI is InChI=1S/C16H23BrN2S/c1-5-12(6-2)14-9-18-16(20-14)19-13-7-10(3)15(17)11(4)8-13/h7-8,12,14H,5-6,9H2,1-4H3,(H,18,19). The molecule has 1 heterocycles. The second-order valence-electron chi connectivity index (χ2n) is 5.43. The highest BCUT2D eigenvalue weighted by atomic mass is 79.9. The Morgan fingerprint density at radius 1 is 1.30 bits per heavy atom. The van der Waals surface area contributed by atoms with Crippen molar-refractivity contribution in [1.82, 2.24) is 0 Å². The fourth-order valence-corrected chi connectivity index (χ4v) is 4.23. The molecule has 1 atom stereocenters. The Hall–Kier alpha value is -0.480. The number of thioether (sulfide) groups is 1. The SMILES string of the molecule is CCC(CC)C1CN=C(Nc2cc(C)c(Br)c(C)c2)S1. The largest absolute Gasteiger partial charge is 0.335 e. The Balaban J connectivity index is 2.02. The fourth-order valence-electron chi connectivity index (χ4n) is 2.66. The van der Waals surface area contributed by atoms with Crippen LogP contribution in [0.1, 0.15) is 37.8 Å². The predicted molar refractivity (Wildman–Crippen MR) is 95.0 cm³/mol. The van der Waals surface area contributed by atoms with Gasteiger partial charge in [0.05, 0.1) is 6.54 Å². The molecule has 110 valence electrons. The summed E-state index contributed by atoms with van der Waals surface area (Å²) in [5.41, 5.74) is 3.65. The molecular weight excluding hydrogens is 332 g/mol. The van der Waals surface area contributed by atoms with E-state index in [0.29, 0.717) is 5.25 Å². The van der Waals surface area contributed by atoms with Crippen molar-refractivity contribution in [2.75, 3.05) is 11.9 Å². The molecule has 0 amide bonds. The van der Waals surface area contributed by atoms with Crippen molar-refractivity contribution in [3.63, 3.8) is 0 Å². The summed E-state index contributed by atoms with van der Waals surface area (Å²) in [7, 11) is 0. The molecule has 0 aromatic heterocycles. The van der Waals surface area contributed by atoms with Crippen LogP contribution in [-0.4, -0.2) is 17.0 Å².